The van der Waals surface area contributed by atoms with Crippen molar-refractivity contribution in [2.75, 3.05) is 36.5 Å². The molecule has 42 heavy (non-hydrogen) atoms. The van der Waals surface area contributed by atoms with Crippen molar-refractivity contribution in [3.63, 3.8) is 0 Å². The monoisotopic (exact) mass is 568 g/mol. The van der Waals surface area contributed by atoms with Gasteiger partial charge in [-0.1, -0.05) is 69.3 Å². The van der Waals surface area contributed by atoms with Crippen molar-refractivity contribution in [1.29, 1.82) is 0 Å². The molecule has 1 heterocycles. The fraction of sp³-hybridized carbons (Fsp3) is 0.429. The largest absolute Gasteiger partial charge is 0.378 e. The van der Waals surface area contributed by atoms with Gasteiger partial charge in [-0.05, 0) is 64.3 Å². The number of rotatable bonds is 10. The number of morpholine rings is 1. The summed E-state index contributed by atoms with van der Waals surface area (Å²) < 4.78 is 5.56. The van der Waals surface area contributed by atoms with Crippen LogP contribution in [0.1, 0.15) is 56.7 Å². The molecule has 3 aromatic rings. The van der Waals surface area contributed by atoms with E-state index in [1.807, 2.05) is 23.1 Å². The lowest BCUT2D eigenvalue weighted by atomic mass is 9.91. The van der Waals surface area contributed by atoms with E-state index in [4.69, 9.17) is 10.5 Å². The number of amides is 2. The molecule has 0 atom stereocenters. The molecule has 222 valence electrons. The Morgan fingerprint density at radius 1 is 0.905 bits per heavy atom. The number of anilines is 2. The Hall–Kier alpha value is -3.68. The van der Waals surface area contributed by atoms with Crippen molar-refractivity contribution in [1.82, 2.24) is 4.90 Å². The van der Waals surface area contributed by atoms with Gasteiger partial charge in [0.1, 0.15) is 0 Å². The number of benzene rings is 3. The topological polar surface area (TPSA) is 87.9 Å². The summed E-state index contributed by atoms with van der Waals surface area (Å²) >= 11 is 0. The number of nitrogens with two attached hydrogens (primary N) is 1. The van der Waals surface area contributed by atoms with Crippen molar-refractivity contribution < 1.29 is 14.3 Å². The smallest absolute Gasteiger partial charge is 0.227 e. The Labute approximate surface area is 250 Å². The van der Waals surface area contributed by atoms with Crippen molar-refractivity contribution in [2.45, 2.75) is 59.7 Å². The lowest BCUT2D eigenvalue weighted by Gasteiger charge is -2.31. The summed E-state index contributed by atoms with van der Waals surface area (Å²) in [6.07, 6.45) is 2.39. The van der Waals surface area contributed by atoms with Gasteiger partial charge in [-0.25, -0.2) is 0 Å². The molecule has 7 nitrogen and oxygen atoms in total. The third-order valence-electron chi connectivity index (χ3n) is 7.82. The average Bonchev–Trinajstić information content (AvgIpc) is 3.83. The summed E-state index contributed by atoms with van der Waals surface area (Å²) in [6.45, 7) is 10.8. The minimum absolute atomic E-state index is 0.0992. The van der Waals surface area contributed by atoms with E-state index in [9.17, 15) is 9.59 Å². The SMILES string of the molecule is CC(C)(C)CC(=O)N(Cc1cccc(CN)c1)Cc1cccc(-c2ccc(N3CCOCC3)c(NC(=O)C3CC3)c2)c1. The van der Waals surface area contributed by atoms with Crippen molar-refractivity contribution in [2.24, 2.45) is 17.1 Å². The Balaban J connectivity index is 1.41. The maximum Gasteiger partial charge on any atom is 0.227 e. The van der Waals surface area contributed by atoms with Crippen molar-refractivity contribution in [3.8, 4) is 11.1 Å². The van der Waals surface area contributed by atoms with Gasteiger partial charge in [0.25, 0.3) is 0 Å². The number of hydrogen-bond donors (Lipinski definition) is 2. The van der Waals surface area contributed by atoms with Gasteiger partial charge in [-0.2, -0.15) is 0 Å². The van der Waals surface area contributed by atoms with Gasteiger partial charge in [0, 0.05) is 45.1 Å². The maximum atomic E-state index is 13.5. The molecule has 2 aliphatic rings. The average molecular weight is 569 g/mol. The van der Waals surface area contributed by atoms with Gasteiger partial charge < -0.3 is 25.6 Å². The van der Waals surface area contributed by atoms with E-state index in [1.54, 1.807) is 0 Å². The van der Waals surface area contributed by atoms with Crippen LogP contribution in [0, 0.1) is 11.3 Å². The highest BCUT2D eigenvalue weighted by Gasteiger charge is 2.30. The molecule has 1 aliphatic carbocycles. The first kappa shape index (κ1) is 29.8. The lowest BCUT2D eigenvalue weighted by molar-refractivity contribution is -0.134. The molecule has 1 saturated heterocycles. The molecule has 5 rings (SSSR count). The molecule has 1 saturated carbocycles. The second-order valence-corrected chi connectivity index (χ2v) is 12.8. The number of carbonyl (C=O) groups is 2. The summed E-state index contributed by atoms with van der Waals surface area (Å²) in [6, 6.07) is 22.9. The highest BCUT2D eigenvalue weighted by molar-refractivity contribution is 5.98. The number of nitrogens with one attached hydrogen (secondary N) is 1. The highest BCUT2D eigenvalue weighted by atomic mass is 16.5. The second kappa shape index (κ2) is 13.1. The van der Waals surface area contributed by atoms with Gasteiger partial charge in [0.15, 0.2) is 0 Å². The van der Waals surface area contributed by atoms with E-state index < -0.39 is 0 Å². The van der Waals surface area contributed by atoms with E-state index in [2.05, 4.69) is 79.5 Å². The second-order valence-electron chi connectivity index (χ2n) is 12.8. The third kappa shape index (κ3) is 7.99. The van der Waals surface area contributed by atoms with Gasteiger partial charge in [0.05, 0.1) is 24.6 Å². The predicted molar refractivity (Wildman–Crippen MR) is 169 cm³/mol. The minimum atomic E-state index is -0.111. The van der Waals surface area contributed by atoms with Crippen LogP contribution in [0.15, 0.2) is 66.7 Å². The normalized spacial score (nSPS) is 15.4. The van der Waals surface area contributed by atoms with Gasteiger partial charge in [-0.3, -0.25) is 9.59 Å². The molecule has 0 radical (unpaired) electrons. The molecule has 2 fully saturated rings. The van der Waals surface area contributed by atoms with Crippen molar-refractivity contribution >= 4 is 23.2 Å². The molecule has 3 N–H and O–H groups in total. The molecule has 0 bridgehead atoms. The molecule has 0 spiro atoms. The summed E-state index contributed by atoms with van der Waals surface area (Å²) in [5.41, 5.74) is 12.9. The van der Waals surface area contributed by atoms with Gasteiger partial charge >= 0.3 is 0 Å². The van der Waals surface area contributed by atoms with Crippen LogP contribution in [-0.2, 0) is 34.0 Å². The Morgan fingerprint density at radius 2 is 1.55 bits per heavy atom. The minimum Gasteiger partial charge on any atom is -0.378 e. The summed E-state index contributed by atoms with van der Waals surface area (Å²) in [5, 5.41) is 3.22. The third-order valence-corrected chi connectivity index (χ3v) is 7.82. The van der Waals surface area contributed by atoms with Crippen LogP contribution in [0.4, 0.5) is 11.4 Å². The molecular formula is C35H44N4O3. The van der Waals surface area contributed by atoms with Crippen LogP contribution in [0.2, 0.25) is 0 Å². The molecule has 0 unspecified atom stereocenters. The number of nitrogens with zero attached hydrogens (tertiary/aromatic N) is 2. The van der Waals surface area contributed by atoms with Crippen LogP contribution in [-0.4, -0.2) is 43.0 Å². The summed E-state index contributed by atoms with van der Waals surface area (Å²) in [4.78, 5) is 30.5. The lowest BCUT2D eigenvalue weighted by Crippen LogP contribution is -2.36. The zero-order valence-electron chi connectivity index (χ0n) is 25.2. The van der Waals surface area contributed by atoms with Gasteiger partial charge in [0.2, 0.25) is 11.8 Å². The van der Waals surface area contributed by atoms with E-state index >= 15 is 0 Å². The Morgan fingerprint density at radius 3 is 2.21 bits per heavy atom. The fourth-order valence-corrected chi connectivity index (χ4v) is 5.42. The Bertz CT molecular complexity index is 1400. The van der Waals surface area contributed by atoms with Gasteiger partial charge in [-0.15, -0.1) is 0 Å². The quantitative estimate of drug-likeness (QED) is 0.315. The number of carbonyl (C=O) groups excluding carboxylic acids is 2. The standard InChI is InChI=1S/C35H44N4O3/c1-35(2,3)21-33(40)39(23-26-7-4-6-25(18-26)22-36)24-27-8-5-9-29(19-27)30-12-13-32(38-14-16-42-17-15-38)31(20-30)37-34(41)28-10-11-28/h4-9,12-13,18-20,28H,10-11,14-17,21-24,36H2,1-3H3,(H,37,41). The highest BCUT2D eigenvalue weighted by Crippen LogP contribution is 2.36. The zero-order valence-corrected chi connectivity index (χ0v) is 25.2. The number of ether oxygens (including phenoxy) is 1. The first-order valence-corrected chi connectivity index (χ1v) is 15.1. The first-order chi connectivity index (χ1) is 20.2. The summed E-state index contributed by atoms with van der Waals surface area (Å²) in [5.74, 6) is 0.352. The van der Waals surface area contributed by atoms with E-state index in [0.29, 0.717) is 39.3 Å². The van der Waals surface area contributed by atoms with Crippen LogP contribution in [0.3, 0.4) is 0 Å². The summed E-state index contributed by atoms with van der Waals surface area (Å²) in [7, 11) is 0. The predicted octanol–water partition coefficient (Wildman–Crippen LogP) is 5.96. The molecule has 1 aliphatic heterocycles. The van der Waals surface area contributed by atoms with Crippen LogP contribution in [0.5, 0.6) is 0 Å². The Kier molecular flexibility index (Phi) is 9.29. The molecule has 2 amide bonds. The molecular weight excluding hydrogens is 524 g/mol. The number of hydrogen-bond acceptors (Lipinski definition) is 5. The van der Waals surface area contributed by atoms with E-state index in [0.717, 1.165) is 65.1 Å². The van der Waals surface area contributed by atoms with E-state index in [-0.39, 0.29) is 23.1 Å². The zero-order chi connectivity index (χ0) is 29.7. The van der Waals surface area contributed by atoms with Crippen LogP contribution >= 0.6 is 0 Å². The van der Waals surface area contributed by atoms with Crippen molar-refractivity contribution in [3.05, 3.63) is 83.4 Å². The first-order valence-electron chi connectivity index (χ1n) is 15.1. The van der Waals surface area contributed by atoms with Crippen LogP contribution < -0.4 is 16.0 Å². The fourth-order valence-electron chi connectivity index (χ4n) is 5.42. The van der Waals surface area contributed by atoms with E-state index in [1.165, 1.54) is 0 Å². The van der Waals surface area contributed by atoms with Crippen LogP contribution in [0.25, 0.3) is 11.1 Å². The molecule has 7 heteroatoms. The maximum absolute atomic E-state index is 13.5. The molecule has 0 aromatic heterocycles. The molecule has 3 aromatic carbocycles.